The zero-order valence-corrected chi connectivity index (χ0v) is 12.9. The van der Waals surface area contributed by atoms with Gasteiger partial charge in [0.05, 0.1) is 5.70 Å². The number of nitrogens with zero attached hydrogens (tertiary/aromatic N) is 1. The minimum Gasteiger partial charge on any atom is -0.399 e. The standard InChI is InChI=1S/C17H20N2O2/c1-10-11(2)14(18)6-5-12(10)7-13-8-17(21)15(19(3)4)9-16(13)20/h5-6,8-9H,7,18H2,1-4H3. The summed E-state index contributed by atoms with van der Waals surface area (Å²) in [4.78, 5) is 25.9. The van der Waals surface area contributed by atoms with Crippen LogP contribution >= 0.6 is 0 Å². The number of benzene rings is 1. The van der Waals surface area contributed by atoms with Gasteiger partial charge in [-0.25, -0.2) is 0 Å². The molecule has 2 rings (SSSR count). The number of nitrogens with two attached hydrogens (primary N) is 1. The number of likely N-dealkylation sites (N-methyl/N-ethyl adjacent to an activating group) is 1. The Morgan fingerprint density at radius 1 is 1.00 bits per heavy atom. The molecule has 0 fully saturated rings. The number of rotatable bonds is 3. The zero-order chi connectivity index (χ0) is 15.7. The van der Waals surface area contributed by atoms with E-state index in [0.29, 0.717) is 17.7 Å². The highest BCUT2D eigenvalue weighted by Crippen LogP contribution is 2.24. The van der Waals surface area contributed by atoms with Crippen molar-refractivity contribution in [3.8, 4) is 0 Å². The minimum absolute atomic E-state index is 0.104. The predicted octanol–water partition coefficient (Wildman–Crippen LogP) is 1.95. The first-order valence-electron chi connectivity index (χ1n) is 6.84. The van der Waals surface area contributed by atoms with Gasteiger partial charge in [-0.1, -0.05) is 6.07 Å². The summed E-state index contributed by atoms with van der Waals surface area (Å²) in [5.74, 6) is -0.230. The lowest BCUT2D eigenvalue weighted by atomic mass is 9.91. The Labute approximate surface area is 124 Å². The van der Waals surface area contributed by atoms with Crippen LogP contribution in [0.2, 0.25) is 0 Å². The molecule has 0 bridgehead atoms. The third-order valence-electron chi connectivity index (χ3n) is 3.95. The van der Waals surface area contributed by atoms with E-state index < -0.39 is 0 Å². The first-order chi connectivity index (χ1) is 9.81. The van der Waals surface area contributed by atoms with Gasteiger partial charge in [-0.3, -0.25) is 9.59 Å². The van der Waals surface area contributed by atoms with Crippen molar-refractivity contribution in [2.45, 2.75) is 20.3 Å². The summed E-state index contributed by atoms with van der Waals surface area (Å²) in [6.07, 6.45) is 3.31. The van der Waals surface area contributed by atoms with Gasteiger partial charge in [-0.15, -0.1) is 0 Å². The number of hydrogen-bond acceptors (Lipinski definition) is 4. The molecule has 0 radical (unpaired) electrons. The fourth-order valence-electron chi connectivity index (χ4n) is 2.37. The molecule has 0 saturated carbocycles. The van der Waals surface area contributed by atoms with Crippen LogP contribution in [0, 0.1) is 13.8 Å². The van der Waals surface area contributed by atoms with Crippen LogP contribution in [0.25, 0.3) is 0 Å². The van der Waals surface area contributed by atoms with E-state index in [9.17, 15) is 9.59 Å². The fraction of sp³-hybridized carbons (Fsp3) is 0.294. The molecule has 0 saturated heterocycles. The van der Waals surface area contributed by atoms with E-state index in [-0.39, 0.29) is 11.6 Å². The second-order valence-corrected chi connectivity index (χ2v) is 5.56. The molecule has 1 aromatic rings. The van der Waals surface area contributed by atoms with Crippen molar-refractivity contribution in [3.05, 3.63) is 52.2 Å². The highest BCUT2D eigenvalue weighted by Gasteiger charge is 2.22. The molecule has 4 nitrogen and oxygen atoms in total. The Hall–Kier alpha value is -2.36. The molecule has 1 aromatic carbocycles. The fourth-order valence-corrected chi connectivity index (χ4v) is 2.37. The van der Waals surface area contributed by atoms with Gasteiger partial charge < -0.3 is 10.6 Å². The molecule has 0 unspecified atom stereocenters. The lowest BCUT2D eigenvalue weighted by Gasteiger charge is -2.19. The number of carbonyl (C=O) groups excluding carboxylic acids is 2. The van der Waals surface area contributed by atoms with E-state index in [0.717, 1.165) is 22.4 Å². The summed E-state index contributed by atoms with van der Waals surface area (Å²) in [5, 5.41) is 0. The van der Waals surface area contributed by atoms with Gasteiger partial charge in [0.1, 0.15) is 0 Å². The average Bonchev–Trinajstić information content (AvgIpc) is 2.42. The zero-order valence-electron chi connectivity index (χ0n) is 12.9. The Kier molecular flexibility index (Phi) is 3.98. The van der Waals surface area contributed by atoms with Crippen LogP contribution in [-0.4, -0.2) is 30.6 Å². The Morgan fingerprint density at radius 2 is 1.67 bits per heavy atom. The number of ketones is 2. The van der Waals surface area contributed by atoms with Crippen LogP contribution in [-0.2, 0) is 16.0 Å². The van der Waals surface area contributed by atoms with Crippen molar-refractivity contribution in [3.63, 3.8) is 0 Å². The maximum Gasteiger partial charge on any atom is 0.202 e. The molecule has 2 N–H and O–H groups in total. The van der Waals surface area contributed by atoms with Crippen LogP contribution in [0.15, 0.2) is 35.6 Å². The van der Waals surface area contributed by atoms with Gasteiger partial charge in [0, 0.05) is 37.9 Å². The second kappa shape index (κ2) is 5.56. The van der Waals surface area contributed by atoms with E-state index in [2.05, 4.69) is 0 Å². The van der Waals surface area contributed by atoms with E-state index >= 15 is 0 Å². The lowest BCUT2D eigenvalue weighted by Crippen LogP contribution is -2.24. The Balaban J connectivity index is 2.30. The molecule has 4 heteroatoms. The number of allylic oxidation sites excluding steroid dienone is 3. The normalized spacial score (nSPS) is 14.9. The molecule has 0 aliphatic heterocycles. The third-order valence-corrected chi connectivity index (χ3v) is 3.95. The molecule has 0 aromatic heterocycles. The first kappa shape index (κ1) is 15.0. The minimum atomic E-state index is -0.126. The van der Waals surface area contributed by atoms with Crippen LogP contribution in [0.5, 0.6) is 0 Å². The van der Waals surface area contributed by atoms with Crippen molar-refractivity contribution in [1.29, 1.82) is 0 Å². The maximum atomic E-state index is 12.2. The summed E-state index contributed by atoms with van der Waals surface area (Å²) in [5.41, 5.74) is 10.7. The van der Waals surface area contributed by atoms with Gasteiger partial charge in [-0.05, 0) is 42.7 Å². The van der Waals surface area contributed by atoms with E-state index in [4.69, 9.17) is 5.73 Å². The molecule has 0 spiro atoms. The average molecular weight is 284 g/mol. The summed E-state index contributed by atoms with van der Waals surface area (Å²) in [6, 6.07) is 3.76. The predicted molar refractivity (Wildman–Crippen MR) is 83.9 cm³/mol. The summed E-state index contributed by atoms with van der Waals surface area (Å²) in [6.45, 7) is 3.94. The van der Waals surface area contributed by atoms with Crippen LogP contribution in [0.1, 0.15) is 16.7 Å². The van der Waals surface area contributed by atoms with Gasteiger partial charge in [0.25, 0.3) is 0 Å². The van der Waals surface area contributed by atoms with Crippen molar-refractivity contribution < 1.29 is 9.59 Å². The SMILES string of the molecule is Cc1c(N)ccc(CC2=CC(=O)C(N(C)C)=CC2=O)c1C. The highest BCUT2D eigenvalue weighted by atomic mass is 16.1. The topological polar surface area (TPSA) is 63.4 Å². The van der Waals surface area contributed by atoms with Gasteiger partial charge in [0.2, 0.25) is 5.78 Å². The highest BCUT2D eigenvalue weighted by molar-refractivity contribution is 6.19. The second-order valence-electron chi connectivity index (χ2n) is 5.56. The van der Waals surface area contributed by atoms with Crippen molar-refractivity contribution in [1.82, 2.24) is 4.90 Å². The molecule has 110 valence electrons. The number of nitrogen functional groups attached to an aromatic ring is 1. The smallest absolute Gasteiger partial charge is 0.202 e. The van der Waals surface area contributed by atoms with Gasteiger partial charge >= 0.3 is 0 Å². The largest absolute Gasteiger partial charge is 0.399 e. The number of hydrogen-bond donors (Lipinski definition) is 1. The van der Waals surface area contributed by atoms with E-state index in [1.807, 2.05) is 26.0 Å². The molecular weight excluding hydrogens is 264 g/mol. The molecule has 0 atom stereocenters. The molecule has 1 aliphatic carbocycles. The number of anilines is 1. The van der Waals surface area contributed by atoms with Crippen LogP contribution in [0.4, 0.5) is 5.69 Å². The van der Waals surface area contributed by atoms with E-state index in [1.54, 1.807) is 19.0 Å². The Bertz CT molecular complexity index is 682. The van der Waals surface area contributed by atoms with E-state index in [1.165, 1.54) is 12.2 Å². The van der Waals surface area contributed by atoms with Crippen molar-refractivity contribution in [2.75, 3.05) is 19.8 Å². The quantitative estimate of drug-likeness (QED) is 0.680. The maximum absolute atomic E-state index is 12.2. The van der Waals surface area contributed by atoms with Crippen molar-refractivity contribution >= 4 is 17.3 Å². The van der Waals surface area contributed by atoms with Crippen LogP contribution in [0.3, 0.4) is 0 Å². The van der Waals surface area contributed by atoms with Crippen molar-refractivity contribution in [2.24, 2.45) is 0 Å². The lowest BCUT2D eigenvalue weighted by molar-refractivity contribution is -0.116. The summed E-state index contributed by atoms with van der Waals surface area (Å²) >= 11 is 0. The number of carbonyl (C=O) groups is 2. The third kappa shape index (κ3) is 2.89. The molecule has 0 amide bonds. The van der Waals surface area contributed by atoms with Gasteiger partial charge in [0.15, 0.2) is 5.78 Å². The molecular formula is C17H20N2O2. The molecule has 1 aliphatic rings. The monoisotopic (exact) mass is 284 g/mol. The Morgan fingerprint density at radius 3 is 2.29 bits per heavy atom. The molecule has 21 heavy (non-hydrogen) atoms. The summed E-state index contributed by atoms with van der Waals surface area (Å²) < 4.78 is 0. The van der Waals surface area contributed by atoms with Gasteiger partial charge in [-0.2, -0.15) is 0 Å². The first-order valence-corrected chi connectivity index (χ1v) is 6.84. The molecule has 0 heterocycles. The summed E-state index contributed by atoms with van der Waals surface area (Å²) in [7, 11) is 3.51. The van der Waals surface area contributed by atoms with Crippen LogP contribution < -0.4 is 5.73 Å².